The fourth-order valence-electron chi connectivity index (χ4n) is 2.74. The lowest BCUT2D eigenvalue weighted by molar-refractivity contribution is 0.362. The van der Waals surface area contributed by atoms with E-state index in [9.17, 15) is 0 Å². The Bertz CT molecular complexity index is 756. The van der Waals surface area contributed by atoms with E-state index in [4.69, 9.17) is 10.2 Å². The maximum atomic E-state index is 6.51. The first-order chi connectivity index (χ1) is 9.98. The number of hydrogen-bond donors (Lipinski definition) is 1. The summed E-state index contributed by atoms with van der Waals surface area (Å²) in [5.41, 5.74) is 9.67. The Morgan fingerprint density at radius 2 is 1.71 bits per heavy atom. The van der Waals surface area contributed by atoms with Crippen molar-refractivity contribution in [3.8, 4) is 0 Å². The molecular formula is C19H21NO. The van der Waals surface area contributed by atoms with Gasteiger partial charge in [0, 0.05) is 10.8 Å². The molecule has 0 amide bonds. The second kappa shape index (κ2) is 5.05. The summed E-state index contributed by atoms with van der Waals surface area (Å²) in [4.78, 5) is 0. The molecule has 1 atom stereocenters. The first-order valence-corrected chi connectivity index (χ1v) is 7.29. The van der Waals surface area contributed by atoms with E-state index in [0.29, 0.717) is 0 Å². The van der Waals surface area contributed by atoms with Crippen LogP contribution in [0.5, 0.6) is 0 Å². The molecule has 0 spiro atoms. The van der Waals surface area contributed by atoms with Gasteiger partial charge in [0.25, 0.3) is 0 Å². The van der Waals surface area contributed by atoms with Gasteiger partial charge in [-0.2, -0.15) is 0 Å². The Morgan fingerprint density at radius 3 is 2.43 bits per heavy atom. The van der Waals surface area contributed by atoms with Gasteiger partial charge in [-0.3, -0.25) is 0 Å². The molecule has 0 aliphatic rings. The van der Waals surface area contributed by atoms with Gasteiger partial charge in [0.2, 0.25) is 0 Å². The molecule has 1 aromatic heterocycles. The molecule has 3 rings (SSSR count). The van der Waals surface area contributed by atoms with Crippen LogP contribution in [0, 0.1) is 6.92 Å². The first-order valence-electron chi connectivity index (χ1n) is 7.29. The number of aryl methyl sites for hydroxylation is 1. The minimum Gasteiger partial charge on any atom is -0.459 e. The number of rotatable bonds is 3. The van der Waals surface area contributed by atoms with Crippen LogP contribution in [0.15, 0.2) is 59.0 Å². The smallest absolute Gasteiger partial charge is 0.134 e. The monoisotopic (exact) mass is 279 g/mol. The Hall–Kier alpha value is -2.06. The number of benzene rings is 2. The zero-order chi connectivity index (χ0) is 15.0. The lowest BCUT2D eigenvalue weighted by Crippen LogP contribution is -2.32. The summed E-state index contributed by atoms with van der Waals surface area (Å²) >= 11 is 0. The van der Waals surface area contributed by atoms with Crippen LogP contribution in [-0.4, -0.2) is 0 Å². The minimum atomic E-state index is -0.190. The third-order valence-electron chi connectivity index (χ3n) is 4.29. The van der Waals surface area contributed by atoms with E-state index in [2.05, 4.69) is 51.1 Å². The van der Waals surface area contributed by atoms with Gasteiger partial charge in [0.15, 0.2) is 0 Å². The van der Waals surface area contributed by atoms with Crippen LogP contribution in [0.25, 0.3) is 11.0 Å². The van der Waals surface area contributed by atoms with E-state index in [0.717, 1.165) is 16.7 Å². The van der Waals surface area contributed by atoms with Gasteiger partial charge in [-0.25, -0.2) is 0 Å². The second-order valence-electron chi connectivity index (χ2n) is 6.26. The second-order valence-corrected chi connectivity index (χ2v) is 6.26. The molecule has 0 fully saturated rings. The summed E-state index contributed by atoms with van der Waals surface area (Å²) in [6.45, 7) is 6.40. The Balaban J connectivity index is 2.01. The molecule has 21 heavy (non-hydrogen) atoms. The van der Waals surface area contributed by atoms with Crippen LogP contribution in [0.2, 0.25) is 0 Å². The molecule has 0 saturated carbocycles. The molecule has 0 aliphatic carbocycles. The van der Waals surface area contributed by atoms with Crippen LogP contribution in [0.4, 0.5) is 0 Å². The lowest BCUT2D eigenvalue weighted by atomic mass is 9.77. The molecule has 2 N–H and O–H groups in total. The number of nitrogens with two attached hydrogens (primary N) is 1. The zero-order valence-electron chi connectivity index (χ0n) is 12.8. The van der Waals surface area contributed by atoms with Crippen LogP contribution < -0.4 is 5.73 Å². The SMILES string of the molecule is Cc1ccc2oc(C(N)C(C)(C)c3ccccc3)cc2c1. The summed E-state index contributed by atoms with van der Waals surface area (Å²) in [6.07, 6.45) is 0. The van der Waals surface area contributed by atoms with Crippen molar-refractivity contribution >= 4 is 11.0 Å². The molecule has 0 radical (unpaired) electrons. The molecule has 1 heterocycles. The maximum Gasteiger partial charge on any atom is 0.134 e. The highest BCUT2D eigenvalue weighted by Crippen LogP contribution is 2.37. The van der Waals surface area contributed by atoms with E-state index < -0.39 is 0 Å². The average molecular weight is 279 g/mol. The zero-order valence-corrected chi connectivity index (χ0v) is 12.8. The van der Waals surface area contributed by atoms with E-state index in [-0.39, 0.29) is 11.5 Å². The normalized spacial score (nSPS) is 13.5. The average Bonchev–Trinajstić information content (AvgIpc) is 2.90. The van der Waals surface area contributed by atoms with Crippen molar-refractivity contribution in [3.63, 3.8) is 0 Å². The van der Waals surface area contributed by atoms with Crippen molar-refractivity contribution < 1.29 is 4.42 Å². The first kappa shape index (κ1) is 13.9. The Kier molecular flexibility index (Phi) is 3.34. The molecule has 2 aromatic carbocycles. The molecule has 1 unspecified atom stereocenters. The van der Waals surface area contributed by atoms with Crippen LogP contribution in [0.1, 0.15) is 36.8 Å². The highest BCUT2D eigenvalue weighted by molar-refractivity contribution is 5.78. The van der Waals surface area contributed by atoms with Crippen molar-refractivity contribution in [2.75, 3.05) is 0 Å². The highest BCUT2D eigenvalue weighted by atomic mass is 16.3. The Labute approximate surface area is 125 Å². The summed E-state index contributed by atoms with van der Waals surface area (Å²) < 4.78 is 5.97. The number of fused-ring (bicyclic) bond motifs is 1. The third-order valence-corrected chi connectivity index (χ3v) is 4.29. The maximum absolute atomic E-state index is 6.51. The Morgan fingerprint density at radius 1 is 1.00 bits per heavy atom. The van der Waals surface area contributed by atoms with Crippen molar-refractivity contribution in [1.29, 1.82) is 0 Å². The molecule has 0 bridgehead atoms. The van der Waals surface area contributed by atoms with E-state index in [1.54, 1.807) is 0 Å². The number of hydrogen-bond acceptors (Lipinski definition) is 2. The predicted octanol–water partition coefficient (Wildman–Crippen LogP) is 4.72. The third kappa shape index (κ3) is 2.47. The highest BCUT2D eigenvalue weighted by Gasteiger charge is 2.31. The van der Waals surface area contributed by atoms with Gasteiger partial charge in [-0.05, 0) is 30.7 Å². The molecule has 2 heteroatoms. The van der Waals surface area contributed by atoms with E-state index in [1.165, 1.54) is 11.1 Å². The lowest BCUT2D eigenvalue weighted by Gasteiger charge is -2.30. The van der Waals surface area contributed by atoms with Crippen LogP contribution in [0.3, 0.4) is 0 Å². The van der Waals surface area contributed by atoms with Gasteiger partial charge >= 0.3 is 0 Å². The fourth-order valence-corrected chi connectivity index (χ4v) is 2.74. The van der Waals surface area contributed by atoms with E-state index >= 15 is 0 Å². The molecule has 2 nitrogen and oxygen atoms in total. The van der Waals surface area contributed by atoms with Gasteiger partial charge < -0.3 is 10.2 Å². The standard InChI is InChI=1S/C19H21NO/c1-13-9-10-16-14(11-13)12-17(21-16)18(20)19(2,3)15-7-5-4-6-8-15/h4-12,18H,20H2,1-3H3. The van der Waals surface area contributed by atoms with Gasteiger partial charge in [0.05, 0.1) is 6.04 Å². The van der Waals surface area contributed by atoms with Gasteiger partial charge in [-0.1, -0.05) is 55.8 Å². The summed E-state index contributed by atoms with van der Waals surface area (Å²) in [5.74, 6) is 0.837. The van der Waals surface area contributed by atoms with Crippen LogP contribution >= 0.6 is 0 Å². The summed E-state index contributed by atoms with van der Waals surface area (Å²) in [6, 6.07) is 18.4. The summed E-state index contributed by atoms with van der Waals surface area (Å²) in [7, 11) is 0. The quantitative estimate of drug-likeness (QED) is 0.753. The predicted molar refractivity (Wildman–Crippen MR) is 87.3 cm³/mol. The van der Waals surface area contributed by atoms with Crippen molar-refractivity contribution in [2.45, 2.75) is 32.2 Å². The molecule has 3 aromatic rings. The largest absolute Gasteiger partial charge is 0.459 e. The minimum absolute atomic E-state index is 0.187. The number of furan rings is 1. The van der Waals surface area contributed by atoms with E-state index in [1.807, 2.05) is 24.3 Å². The van der Waals surface area contributed by atoms with Gasteiger partial charge in [0.1, 0.15) is 11.3 Å². The molecule has 0 saturated heterocycles. The topological polar surface area (TPSA) is 39.2 Å². The van der Waals surface area contributed by atoms with Crippen molar-refractivity contribution in [2.24, 2.45) is 5.73 Å². The van der Waals surface area contributed by atoms with Gasteiger partial charge in [-0.15, -0.1) is 0 Å². The molecule has 108 valence electrons. The van der Waals surface area contributed by atoms with Crippen molar-refractivity contribution in [1.82, 2.24) is 0 Å². The summed E-state index contributed by atoms with van der Waals surface area (Å²) in [5, 5.41) is 1.12. The molecular weight excluding hydrogens is 258 g/mol. The molecule has 0 aliphatic heterocycles. The van der Waals surface area contributed by atoms with Crippen molar-refractivity contribution in [3.05, 3.63) is 71.5 Å². The van der Waals surface area contributed by atoms with Crippen LogP contribution in [-0.2, 0) is 5.41 Å². The fraction of sp³-hybridized carbons (Fsp3) is 0.263.